The zero-order valence-corrected chi connectivity index (χ0v) is 12.2. The first-order valence-corrected chi connectivity index (χ1v) is 7.09. The maximum Gasteiger partial charge on any atom is 0.264 e. The van der Waals surface area contributed by atoms with Gasteiger partial charge in [-0.25, -0.2) is 4.39 Å². The maximum absolute atomic E-state index is 14.1. The van der Waals surface area contributed by atoms with Gasteiger partial charge in [-0.3, -0.25) is 9.36 Å². The summed E-state index contributed by atoms with van der Waals surface area (Å²) in [6.07, 6.45) is 0.617. The summed E-state index contributed by atoms with van der Waals surface area (Å²) in [6.45, 7) is 1.93. The van der Waals surface area contributed by atoms with Crippen LogP contribution >= 0.6 is 11.6 Å². The molecule has 0 spiro atoms. The van der Waals surface area contributed by atoms with Crippen molar-refractivity contribution in [3.05, 3.63) is 75.4 Å². The lowest BCUT2D eigenvalue weighted by Gasteiger charge is -2.14. The van der Waals surface area contributed by atoms with Gasteiger partial charge in [0, 0.05) is 5.69 Å². The number of fused-ring (bicyclic) bond motifs is 1. The Bertz CT molecular complexity index is 886. The highest BCUT2D eigenvalue weighted by Gasteiger charge is 2.14. The van der Waals surface area contributed by atoms with Gasteiger partial charge >= 0.3 is 0 Å². The van der Waals surface area contributed by atoms with Gasteiger partial charge in [-0.15, -0.1) is 0 Å². The normalized spacial score (nSPS) is 11.0. The van der Waals surface area contributed by atoms with Crippen LogP contribution < -0.4 is 5.56 Å². The second-order valence-electron chi connectivity index (χ2n) is 4.79. The fourth-order valence-electron chi connectivity index (χ4n) is 2.53. The third-order valence-electron chi connectivity index (χ3n) is 3.53. The molecule has 0 aliphatic rings. The molecule has 0 atom stereocenters. The van der Waals surface area contributed by atoms with E-state index >= 15 is 0 Å². The van der Waals surface area contributed by atoms with E-state index < -0.39 is 5.82 Å². The minimum absolute atomic E-state index is 0.251. The Balaban J connectivity index is 2.48. The Labute approximate surface area is 126 Å². The molecule has 3 rings (SSSR count). The average molecular weight is 302 g/mol. The van der Waals surface area contributed by atoms with E-state index in [0.717, 1.165) is 11.1 Å². The summed E-state index contributed by atoms with van der Waals surface area (Å²) >= 11 is 6.15. The molecule has 0 bridgehead atoms. The van der Waals surface area contributed by atoms with Gasteiger partial charge in [-0.1, -0.05) is 42.8 Å². The number of nitrogens with zero attached hydrogens (tertiary/aromatic N) is 1. The van der Waals surface area contributed by atoms with Crippen molar-refractivity contribution in [2.45, 2.75) is 13.3 Å². The predicted molar refractivity (Wildman–Crippen MR) is 83.9 cm³/mol. The number of hydrogen-bond acceptors (Lipinski definition) is 1. The zero-order chi connectivity index (χ0) is 15.0. The van der Waals surface area contributed by atoms with Gasteiger partial charge in [-0.2, -0.15) is 0 Å². The average Bonchev–Trinajstić information content (AvgIpc) is 2.48. The van der Waals surface area contributed by atoms with Gasteiger partial charge in [0.25, 0.3) is 5.56 Å². The van der Waals surface area contributed by atoms with Crippen molar-refractivity contribution in [3.8, 4) is 5.69 Å². The van der Waals surface area contributed by atoms with Crippen LogP contribution in [0.1, 0.15) is 12.6 Å². The lowest BCUT2D eigenvalue weighted by molar-refractivity contribution is 0.614. The molecule has 106 valence electrons. The Hall–Kier alpha value is -2.13. The van der Waals surface area contributed by atoms with Crippen molar-refractivity contribution in [3.63, 3.8) is 0 Å². The SMILES string of the molecule is CCc1cc2cccc(Cl)c2c(=O)n1-c1ccccc1F. The minimum atomic E-state index is -0.430. The van der Waals surface area contributed by atoms with Crippen LogP contribution in [0.2, 0.25) is 5.02 Å². The quantitative estimate of drug-likeness (QED) is 0.690. The lowest BCUT2D eigenvalue weighted by Crippen LogP contribution is -2.23. The summed E-state index contributed by atoms with van der Waals surface area (Å²) in [5, 5.41) is 1.57. The van der Waals surface area contributed by atoms with E-state index in [2.05, 4.69) is 0 Å². The highest BCUT2D eigenvalue weighted by Crippen LogP contribution is 2.23. The summed E-state index contributed by atoms with van der Waals surface area (Å²) in [5.41, 5.74) is 0.709. The number of benzene rings is 2. The van der Waals surface area contributed by atoms with E-state index in [1.807, 2.05) is 19.1 Å². The molecule has 0 saturated heterocycles. The van der Waals surface area contributed by atoms with Gasteiger partial charge in [0.05, 0.1) is 16.1 Å². The summed E-state index contributed by atoms with van der Waals surface area (Å²) in [4.78, 5) is 12.8. The summed E-state index contributed by atoms with van der Waals surface area (Å²) in [7, 11) is 0. The minimum Gasteiger partial charge on any atom is -0.278 e. The molecular formula is C17H13ClFNO. The summed E-state index contributed by atoms with van der Waals surface area (Å²) < 4.78 is 15.5. The van der Waals surface area contributed by atoms with Crippen molar-refractivity contribution in [2.75, 3.05) is 0 Å². The Morgan fingerprint density at radius 2 is 1.90 bits per heavy atom. The fraction of sp³-hybridized carbons (Fsp3) is 0.118. The van der Waals surface area contributed by atoms with E-state index in [1.54, 1.807) is 30.3 Å². The van der Waals surface area contributed by atoms with Crippen LogP contribution in [0.4, 0.5) is 4.39 Å². The first kappa shape index (κ1) is 13.8. The number of halogens is 2. The van der Waals surface area contributed by atoms with E-state index in [4.69, 9.17) is 11.6 Å². The first-order chi connectivity index (χ1) is 10.1. The molecule has 1 aromatic heterocycles. The van der Waals surface area contributed by atoms with Gasteiger partial charge < -0.3 is 0 Å². The molecular weight excluding hydrogens is 289 g/mol. The third-order valence-corrected chi connectivity index (χ3v) is 3.84. The topological polar surface area (TPSA) is 22.0 Å². The standard InChI is InChI=1S/C17H13ClFNO/c1-2-12-10-11-6-5-7-13(18)16(11)17(21)20(12)15-9-4-3-8-14(15)19/h3-10H,2H2,1H3. The lowest BCUT2D eigenvalue weighted by atomic mass is 10.1. The van der Waals surface area contributed by atoms with E-state index in [9.17, 15) is 9.18 Å². The maximum atomic E-state index is 14.1. The Morgan fingerprint density at radius 1 is 1.14 bits per heavy atom. The number of pyridine rings is 1. The van der Waals surface area contributed by atoms with Gasteiger partial charge in [0.15, 0.2) is 0 Å². The number of para-hydroxylation sites is 1. The fourth-order valence-corrected chi connectivity index (χ4v) is 2.79. The second-order valence-corrected chi connectivity index (χ2v) is 5.19. The van der Waals surface area contributed by atoms with Crippen molar-refractivity contribution < 1.29 is 4.39 Å². The Kier molecular flexibility index (Phi) is 3.52. The summed E-state index contributed by atoms with van der Waals surface area (Å²) in [6, 6.07) is 13.4. The number of aromatic nitrogens is 1. The van der Waals surface area contributed by atoms with E-state index in [1.165, 1.54) is 10.6 Å². The molecule has 0 amide bonds. The summed E-state index contributed by atoms with van der Waals surface area (Å²) in [5.74, 6) is -0.430. The van der Waals surface area contributed by atoms with Crippen LogP contribution in [0.25, 0.3) is 16.5 Å². The molecule has 2 nitrogen and oxygen atoms in total. The van der Waals surface area contributed by atoms with E-state index in [-0.39, 0.29) is 11.2 Å². The number of hydrogen-bond donors (Lipinski definition) is 0. The van der Waals surface area contributed by atoms with E-state index in [0.29, 0.717) is 16.8 Å². The van der Waals surface area contributed by atoms with Crippen LogP contribution in [-0.2, 0) is 6.42 Å². The predicted octanol–water partition coefficient (Wildman–Crippen LogP) is 4.35. The number of rotatable bonds is 2. The van der Waals surface area contributed by atoms with Crippen molar-refractivity contribution >= 4 is 22.4 Å². The highest BCUT2D eigenvalue weighted by atomic mass is 35.5. The van der Waals surface area contributed by atoms with Crippen molar-refractivity contribution in [1.29, 1.82) is 0 Å². The molecule has 0 aliphatic heterocycles. The molecule has 4 heteroatoms. The zero-order valence-electron chi connectivity index (χ0n) is 11.4. The van der Waals surface area contributed by atoms with Crippen LogP contribution in [0, 0.1) is 5.82 Å². The monoisotopic (exact) mass is 301 g/mol. The highest BCUT2D eigenvalue weighted by molar-refractivity contribution is 6.35. The van der Waals surface area contributed by atoms with Crippen LogP contribution in [0.3, 0.4) is 0 Å². The van der Waals surface area contributed by atoms with Crippen molar-refractivity contribution in [2.24, 2.45) is 0 Å². The molecule has 3 aromatic rings. The molecule has 0 aliphatic carbocycles. The molecule has 1 heterocycles. The van der Waals surface area contributed by atoms with Gasteiger partial charge in [-0.05, 0) is 36.1 Å². The van der Waals surface area contributed by atoms with Gasteiger partial charge in [0.2, 0.25) is 0 Å². The van der Waals surface area contributed by atoms with Crippen LogP contribution in [-0.4, -0.2) is 4.57 Å². The molecule has 0 radical (unpaired) electrons. The second kappa shape index (κ2) is 5.34. The van der Waals surface area contributed by atoms with Gasteiger partial charge in [0.1, 0.15) is 5.82 Å². The Morgan fingerprint density at radius 3 is 2.62 bits per heavy atom. The van der Waals surface area contributed by atoms with Crippen molar-refractivity contribution in [1.82, 2.24) is 4.57 Å². The van der Waals surface area contributed by atoms with Crippen LogP contribution in [0.15, 0.2) is 53.3 Å². The first-order valence-electron chi connectivity index (χ1n) is 6.71. The smallest absolute Gasteiger partial charge is 0.264 e. The molecule has 0 N–H and O–H groups in total. The molecule has 0 saturated carbocycles. The van der Waals surface area contributed by atoms with Crippen LogP contribution in [0.5, 0.6) is 0 Å². The molecule has 2 aromatic carbocycles. The molecule has 0 unspecified atom stereocenters. The molecule has 21 heavy (non-hydrogen) atoms. The third kappa shape index (κ3) is 2.24. The largest absolute Gasteiger partial charge is 0.278 e. The number of aryl methyl sites for hydroxylation is 1. The molecule has 0 fully saturated rings.